The molecule has 0 amide bonds. The van der Waals surface area contributed by atoms with Crippen LogP contribution in [0.15, 0.2) is 36.1 Å². The molecule has 0 unspecified atom stereocenters. The highest BCUT2D eigenvalue weighted by molar-refractivity contribution is 5.76. The van der Waals surface area contributed by atoms with Gasteiger partial charge < -0.3 is 11.5 Å². The first-order valence-corrected chi connectivity index (χ1v) is 5.42. The fourth-order valence-electron chi connectivity index (χ4n) is 2.37. The predicted octanol–water partition coefficient (Wildman–Crippen LogP) is 1.95. The lowest BCUT2D eigenvalue weighted by Gasteiger charge is -2.18. The molecule has 80 valence electrons. The molecule has 0 spiro atoms. The number of rotatable bonds is 0. The smallest absolute Gasteiger partial charge is 0.0353 e. The van der Waals surface area contributed by atoms with Crippen molar-refractivity contribution < 1.29 is 0 Å². The second-order valence-corrected chi connectivity index (χ2v) is 4.45. The Kier molecular flexibility index (Phi) is 1.75. The summed E-state index contributed by atoms with van der Waals surface area (Å²) in [4.78, 5) is 0. The van der Waals surface area contributed by atoms with E-state index in [9.17, 15) is 0 Å². The summed E-state index contributed by atoms with van der Waals surface area (Å²) in [5.41, 5.74) is 19.5. The van der Waals surface area contributed by atoms with Crippen LogP contribution in [0.3, 0.4) is 0 Å². The highest BCUT2D eigenvalue weighted by Gasteiger charge is 2.18. The van der Waals surface area contributed by atoms with Gasteiger partial charge in [-0.05, 0) is 47.2 Å². The van der Waals surface area contributed by atoms with Crippen LogP contribution in [0.1, 0.15) is 22.3 Å². The summed E-state index contributed by atoms with van der Waals surface area (Å²) in [5.74, 6) is 0. The van der Waals surface area contributed by atoms with Gasteiger partial charge in [-0.25, -0.2) is 0 Å². The van der Waals surface area contributed by atoms with Crippen LogP contribution in [0.5, 0.6) is 0 Å². The van der Waals surface area contributed by atoms with Crippen molar-refractivity contribution in [1.29, 1.82) is 0 Å². The number of fused-ring (bicyclic) bond motifs is 2. The van der Waals surface area contributed by atoms with E-state index in [2.05, 4.69) is 24.8 Å². The molecule has 16 heavy (non-hydrogen) atoms. The van der Waals surface area contributed by atoms with Gasteiger partial charge in [0.25, 0.3) is 0 Å². The number of hydrogen-bond donors (Lipinski definition) is 2. The molecule has 2 aliphatic carbocycles. The molecule has 4 N–H and O–H groups in total. The van der Waals surface area contributed by atoms with Gasteiger partial charge in [-0.2, -0.15) is 0 Å². The van der Waals surface area contributed by atoms with E-state index in [-0.39, 0.29) is 0 Å². The normalized spacial score (nSPS) is 17.6. The van der Waals surface area contributed by atoms with Crippen molar-refractivity contribution in [2.75, 3.05) is 0 Å². The van der Waals surface area contributed by atoms with Crippen molar-refractivity contribution in [3.05, 3.63) is 58.3 Å². The molecule has 0 aliphatic heterocycles. The minimum atomic E-state index is 0.785. The molecule has 1 aromatic rings. The van der Waals surface area contributed by atoms with E-state index in [4.69, 9.17) is 11.5 Å². The van der Waals surface area contributed by atoms with Gasteiger partial charge >= 0.3 is 0 Å². The van der Waals surface area contributed by atoms with E-state index in [0.717, 1.165) is 35.4 Å². The van der Waals surface area contributed by atoms with Gasteiger partial charge in [0, 0.05) is 17.0 Å². The molecule has 0 saturated heterocycles. The summed E-state index contributed by atoms with van der Waals surface area (Å²) in [6.07, 6.45) is 5.86. The van der Waals surface area contributed by atoms with Crippen molar-refractivity contribution in [2.45, 2.75) is 12.8 Å². The van der Waals surface area contributed by atoms with Crippen molar-refractivity contribution in [3.8, 4) is 0 Å². The number of allylic oxidation sites excluding steroid dienone is 2. The van der Waals surface area contributed by atoms with Gasteiger partial charge in [0.15, 0.2) is 0 Å². The lowest BCUT2D eigenvalue weighted by Crippen LogP contribution is -2.10. The summed E-state index contributed by atoms with van der Waals surface area (Å²) >= 11 is 0. The molecule has 3 rings (SSSR count). The van der Waals surface area contributed by atoms with E-state index in [1.165, 1.54) is 16.7 Å². The topological polar surface area (TPSA) is 52.0 Å². The minimum Gasteiger partial charge on any atom is -0.398 e. The Bertz CT molecular complexity index is 562. The van der Waals surface area contributed by atoms with Gasteiger partial charge in [-0.3, -0.25) is 0 Å². The molecule has 0 heterocycles. The largest absolute Gasteiger partial charge is 0.398 e. The highest BCUT2D eigenvalue weighted by Crippen LogP contribution is 2.32. The Morgan fingerprint density at radius 1 is 1.06 bits per heavy atom. The quantitative estimate of drug-likeness (QED) is 0.687. The lowest BCUT2D eigenvalue weighted by atomic mass is 9.89. The maximum Gasteiger partial charge on any atom is 0.0353 e. The van der Waals surface area contributed by atoms with Crippen LogP contribution < -0.4 is 11.5 Å². The zero-order valence-electron chi connectivity index (χ0n) is 9.09. The van der Waals surface area contributed by atoms with Gasteiger partial charge in [0.1, 0.15) is 0 Å². The second kappa shape index (κ2) is 3.01. The molecule has 2 nitrogen and oxygen atoms in total. The Morgan fingerprint density at radius 3 is 2.69 bits per heavy atom. The SMILES string of the molecule is C=C1Cc2cc3c(cc2C=C1N)C(N)=CC3. The summed E-state index contributed by atoms with van der Waals surface area (Å²) in [6.45, 7) is 3.97. The van der Waals surface area contributed by atoms with E-state index < -0.39 is 0 Å². The summed E-state index contributed by atoms with van der Waals surface area (Å²) in [6, 6.07) is 4.37. The number of benzene rings is 1. The molecular weight excluding hydrogens is 196 g/mol. The maximum absolute atomic E-state index is 5.93. The van der Waals surface area contributed by atoms with Crippen LogP contribution in [-0.2, 0) is 12.8 Å². The van der Waals surface area contributed by atoms with E-state index in [1.54, 1.807) is 0 Å². The molecule has 0 fully saturated rings. The predicted molar refractivity (Wildman–Crippen MR) is 67.3 cm³/mol. The van der Waals surface area contributed by atoms with Gasteiger partial charge in [0.05, 0.1) is 0 Å². The average molecular weight is 210 g/mol. The molecule has 1 aromatic carbocycles. The first kappa shape index (κ1) is 9.28. The Morgan fingerprint density at radius 2 is 1.88 bits per heavy atom. The van der Waals surface area contributed by atoms with Crippen LogP contribution in [0.4, 0.5) is 0 Å². The maximum atomic E-state index is 5.93. The van der Waals surface area contributed by atoms with Crippen molar-refractivity contribution in [3.63, 3.8) is 0 Å². The first-order chi connectivity index (χ1) is 7.65. The van der Waals surface area contributed by atoms with Crippen molar-refractivity contribution >= 4 is 11.8 Å². The highest BCUT2D eigenvalue weighted by atomic mass is 14.6. The first-order valence-electron chi connectivity index (χ1n) is 5.42. The molecule has 0 saturated carbocycles. The Balaban J connectivity index is 2.19. The van der Waals surface area contributed by atoms with Gasteiger partial charge in [0.2, 0.25) is 0 Å². The third kappa shape index (κ3) is 1.20. The third-order valence-corrected chi connectivity index (χ3v) is 3.34. The van der Waals surface area contributed by atoms with E-state index in [1.807, 2.05) is 6.08 Å². The van der Waals surface area contributed by atoms with Crippen LogP contribution >= 0.6 is 0 Å². The molecule has 2 aliphatic rings. The summed E-state index contributed by atoms with van der Waals surface area (Å²) in [5, 5.41) is 0. The van der Waals surface area contributed by atoms with Crippen LogP contribution in [0.2, 0.25) is 0 Å². The molecule has 0 radical (unpaired) electrons. The fraction of sp³-hybridized carbons (Fsp3) is 0.143. The summed E-state index contributed by atoms with van der Waals surface area (Å²) < 4.78 is 0. The van der Waals surface area contributed by atoms with Crippen molar-refractivity contribution in [2.24, 2.45) is 11.5 Å². The Labute approximate surface area is 95.0 Å². The number of nitrogens with two attached hydrogens (primary N) is 2. The zero-order valence-corrected chi connectivity index (χ0v) is 9.09. The van der Waals surface area contributed by atoms with Gasteiger partial charge in [-0.1, -0.05) is 18.7 Å². The fourth-order valence-corrected chi connectivity index (χ4v) is 2.37. The average Bonchev–Trinajstić information content (AvgIpc) is 2.59. The standard InChI is InChI=1S/C14H14N2/c1-8-4-10-5-9-2-3-13(15)12(9)6-11(10)7-14(8)16/h3,5-7H,1-2,4,15-16H2. The molecule has 0 aromatic heterocycles. The van der Waals surface area contributed by atoms with Crippen LogP contribution in [0, 0.1) is 0 Å². The van der Waals surface area contributed by atoms with Crippen molar-refractivity contribution in [1.82, 2.24) is 0 Å². The minimum absolute atomic E-state index is 0.785. The second-order valence-electron chi connectivity index (χ2n) is 4.45. The number of hydrogen-bond acceptors (Lipinski definition) is 2. The monoisotopic (exact) mass is 210 g/mol. The van der Waals surface area contributed by atoms with Crippen LogP contribution in [-0.4, -0.2) is 0 Å². The van der Waals surface area contributed by atoms with Crippen LogP contribution in [0.25, 0.3) is 11.8 Å². The van der Waals surface area contributed by atoms with Gasteiger partial charge in [-0.15, -0.1) is 0 Å². The third-order valence-electron chi connectivity index (χ3n) is 3.34. The Hall–Kier alpha value is -1.96. The molecule has 0 bridgehead atoms. The lowest BCUT2D eigenvalue weighted by molar-refractivity contribution is 1.10. The molecule has 0 atom stereocenters. The molecular formula is C14H14N2. The van der Waals surface area contributed by atoms with E-state index >= 15 is 0 Å². The zero-order chi connectivity index (χ0) is 11.3. The molecule has 2 heteroatoms. The summed E-state index contributed by atoms with van der Waals surface area (Å²) in [7, 11) is 0. The van der Waals surface area contributed by atoms with E-state index in [0.29, 0.717) is 0 Å².